The first-order valence-electron chi connectivity index (χ1n) is 18.4. The molecule has 0 saturated heterocycles. The van der Waals surface area contributed by atoms with Gasteiger partial charge in [-0.25, -0.2) is 34.7 Å². The van der Waals surface area contributed by atoms with E-state index in [0.717, 1.165) is 64.7 Å². The highest BCUT2D eigenvalue weighted by molar-refractivity contribution is 7.26. The third-order valence-corrected chi connectivity index (χ3v) is 10.9. The van der Waals surface area contributed by atoms with E-state index in [4.69, 9.17) is 36.5 Å². The lowest BCUT2D eigenvalue weighted by Gasteiger charge is -2.10. The van der Waals surface area contributed by atoms with Crippen molar-refractivity contribution < 1.29 is 0 Å². The number of aromatic nitrogens is 6. The molecular weight excluding hydrogens is 719 g/mol. The Labute approximate surface area is 332 Å². The molecule has 0 atom stereocenters. The average molecular weight is 748 g/mol. The summed E-state index contributed by atoms with van der Waals surface area (Å²) in [6.45, 7) is 7.41. The number of fused-ring (bicyclic) bond motifs is 3. The van der Waals surface area contributed by atoms with Crippen LogP contribution in [-0.2, 0) is 0 Å². The van der Waals surface area contributed by atoms with E-state index in [1.807, 2.05) is 140 Å². The molecule has 3 heterocycles. The summed E-state index contributed by atoms with van der Waals surface area (Å²) in [5.41, 5.74) is 8.08. The molecule has 0 unspecified atom stereocenters. The van der Waals surface area contributed by atoms with Crippen molar-refractivity contribution in [2.75, 3.05) is 0 Å². The standard InChI is InChI=1S/C49H29N7S/c1-50-38-20-11-19-36(29-38)31-23-25-35(26-24-31)47-51-44(32-13-5-2-6-14-32)53-48(54-47)37-27-28-39-42(30-37)57-41-22-12-21-40(43(39)41)49-55-45(33-15-7-3-8-16-33)52-46(56-49)34-17-9-4-10-18-34/h2-30H. The predicted octanol–water partition coefficient (Wildman–Crippen LogP) is 12.6. The van der Waals surface area contributed by atoms with E-state index in [2.05, 4.69) is 41.2 Å². The van der Waals surface area contributed by atoms with Gasteiger partial charge in [-0.1, -0.05) is 158 Å². The number of rotatable bonds is 7. The first-order chi connectivity index (χ1) is 28.2. The maximum absolute atomic E-state index is 7.41. The fraction of sp³-hybridized carbons (Fsp3) is 0. The lowest BCUT2D eigenvalue weighted by atomic mass is 10.0. The molecule has 8 heteroatoms. The minimum absolute atomic E-state index is 0.581. The summed E-state index contributed by atoms with van der Waals surface area (Å²) in [5, 5.41) is 2.20. The summed E-state index contributed by atoms with van der Waals surface area (Å²) in [6.07, 6.45) is 0. The van der Waals surface area contributed by atoms with Crippen LogP contribution in [0.4, 0.5) is 5.69 Å². The van der Waals surface area contributed by atoms with Crippen LogP contribution in [0.3, 0.4) is 0 Å². The summed E-state index contributed by atoms with van der Waals surface area (Å²) < 4.78 is 2.23. The number of thiophene rings is 1. The van der Waals surface area contributed by atoms with Crippen molar-refractivity contribution in [3.05, 3.63) is 187 Å². The number of hydrogen-bond acceptors (Lipinski definition) is 7. The molecule has 0 fully saturated rings. The molecule has 7 aromatic carbocycles. The van der Waals surface area contributed by atoms with Gasteiger partial charge in [-0.3, -0.25) is 0 Å². The fourth-order valence-corrected chi connectivity index (χ4v) is 8.17. The maximum atomic E-state index is 7.41. The summed E-state index contributed by atoms with van der Waals surface area (Å²) in [7, 11) is 0. The van der Waals surface area contributed by atoms with Crippen LogP contribution in [0.15, 0.2) is 176 Å². The quantitative estimate of drug-likeness (QED) is 0.151. The molecule has 0 aliphatic rings. The molecule has 10 rings (SSSR count). The zero-order valence-corrected chi connectivity index (χ0v) is 31.1. The van der Waals surface area contributed by atoms with Crippen LogP contribution in [0.25, 0.3) is 104 Å². The van der Waals surface area contributed by atoms with Gasteiger partial charge in [0, 0.05) is 53.6 Å². The monoisotopic (exact) mass is 747 g/mol. The van der Waals surface area contributed by atoms with Crippen molar-refractivity contribution in [1.82, 2.24) is 29.9 Å². The fourth-order valence-electron chi connectivity index (χ4n) is 7.00. The summed E-state index contributed by atoms with van der Waals surface area (Å²) in [4.78, 5) is 33.6. The lowest BCUT2D eigenvalue weighted by molar-refractivity contribution is 1.07. The zero-order chi connectivity index (χ0) is 38.1. The van der Waals surface area contributed by atoms with E-state index >= 15 is 0 Å². The average Bonchev–Trinajstić information content (AvgIpc) is 3.68. The molecule has 266 valence electrons. The van der Waals surface area contributed by atoms with Gasteiger partial charge in [0.2, 0.25) is 0 Å². The van der Waals surface area contributed by atoms with E-state index in [1.54, 1.807) is 11.3 Å². The molecule has 3 aromatic heterocycles. The Kier molecular flexibility index (Phi) is 8.60. The molecular formula is C49H29N7S. The van der Waals surface area contributed by atoms with Crippen molar-refractivity contribution in [1.29, 1.82) is 0 Å². The highest BCUT2D eigenvalue weighted by Gasteiger charge is 2.19. The van der Waals surface area contributed by atoms with Crippen molar-refractivity contribution >= 4 is 37.2 Å². The first-order valence-corrected chi connectivity index (χ1v) is 19.2. The number of hydrogen-bond donors (Lipinski definition) is 0. The van der Waals surface area contributed by atoms with Crippen LogP contribution in [-0.4, -0.2) is 29.9 Å². The number of nitrogens with zero attached hydrogens (tertiary/aromatic N) is 7. The second-order valence-corrected chi connectivity index (χ2v) is 14.5. The van der Waals surface area contributed by atoms with Crippen LogP contribution in [0, 0.1) is 6.57 Å². The van der Waals surface area contributed by atoms with Crippen LogP contribution in [0.1, 0.15) is 0 Å². The molecule has 0 saturated carbocycles. The Hall–Kier alpha value is -7.73. The maximum Gasteiger partial charge on any atom is 0.187 e. The topological polar surface area (TPSA) is 81.7 Å². The summed E-state index contributed by atoms with van der Waals surface area (Å²) >= 11 is 1.72. The molecule has 10 aromatic rings. The zero-order valence-electron chi connectivity index (χ0n) is 30.3. The normalized spacial score (nSPS) is 11.1. The van der Waals surface area contributed by atoms with Gasteiger partial charge >= 0.3 is 0 Å². The highest BCUT2D eigenvalue weighted by Crippen LogP contribution is 2.41. The van der Waals surface area contributed by atoms with Crippen LogP contribution in [0.2, 0.25) is 0 Å². The molecule has 0 amide bonds. The van der Waals surface area contributed by atoms with Gasteiger partial charge in [0.1, 0.15) is 0 Å². The Morgan fingerprint density at radius 2 is 0.807 bits per heavy atom. The first kappa shape index (κ1) is 33.8. The smallest absolute Gasteiger partial charge is 0.187 e. The molecule has 0 spiro atoms. The lowest BCUT2D eigenvalue weighted by Crippen LogP contribution is -2.00. The molecule has 57 heavy (non-hydrogen) atoms. The minimum atomic E-state index is 0.581. The molecule has 7 nitrogen and oxygen atoms in total. The molecule has 0 radical (unpaired) electrons. The summed E-state index contributed by atoms with van der Waals surface area (Å²) in [6, 6.07) is 58.6. The van der Waals surface area contributed by atoms with Gasteiger partial charge in [0.05, 0.1) is 6.57 Å². The summed E-state index contributed by atoms with van der Waals surface area (Å²) in [5.74, 6) is 3.64. The third kappa shape index (κ3) is 6.59. The Morgan fingerprint density at radius 3 is 1.37 bits per heavy atom. The van der Waals surface area contributed by atoms with E-state index in [1.165, 1.54) is 0 Å². The predicted molar refractivity (Wildman–Crippen MR) is 230 cm³/mol. The van der Waals surface area contributed by atoms with Gasteiger partial charge in [0.25, 0.3) is 0 Å². The largest absolute Gasteiger partial charge is 0.238 e. The SMILES string of the molecule is [C-]#[N+]c1cccc(-c2ccc(-c3nc(-c4ccccc4)nc(-c4ccc5c(c4)sc4cccc(-c6nc(-c7ccccc7)nc(-c7ccccc7)n6)c45)n3)cc2)c1. The van der Waals surface area contributed by atoms with Gasteiger partial charge in [-0.05, 0) is 29.3 Å². The van der Waals surface area contributed by atoms with Gasteiger partial charge in [-0.15, -0.1) is 11.3 Å². The van der Waals surface area contributed by atoms with Crippen LogP contribution in [0.5, 0.6) is 0 Å². The van der Waals surface area contributed by atoms with Crippen LogP contribution >= 0.6 is 11.3 Å². The van der Waals surface area contributed by atoms with E-state index < -0.39 is 0 Å². The van der Waals surface area contributed by atoms with E-state index in [-0.39, 0.29) is 0 Å². The van der Waals surface area contributed by atoms with Crippen molar-refractivity contribution in [2.45, 2.75) is 0 Å². The van der Waals surface area contributed by atoms with Gasteiger partial charge in [0.15, 0.2) is 40.6 Å². The highest BCUT2D eigenvalue weighted by atomic mass is 32.1. The minimum Gasteiger partial charge on any atom is -0.238 e. The number of benzene rings is 7. The Bertz CT molecular complexity index is 3060. The molecule has 0 aliphatic carbocycles. The second-order valence-electron chi connectivity index (χ2n) is 13.4. The molecule has 0 aliphatic heterocycles. The van der Waals surface area contributed by atoms with Gasteiger partial charge < -0.3 is 0 Å². The molecule has 0 bridgehead atoms. The van der Waals surface area contributed by atoms with Crippen molar-refractivity contribution in [3.63, 3.8) is 0 Å². The van der Waals surface area contributed by atoms with Crippen LogP contribution < -0.4 is 0 Å². The Morgan fingerprint density at radius 1 is 0.351 bits per heavy atom. The second kappa shape index (κ2) is 14.5. The molecule has 0 N–H and O–H groups in total. The van der Waals surface area contributed by atoms with Crippen molar-refractivity contribution in [3.8, 4) is 79.5 Å². The van der Waals surface area contributed by atoms with Gasteiger partial charge in [-0.2, -0.15) is 0 Å². The Balaban J connectivity index is 1.08. The van der Waals surface area contributed by atoms with Crippen molar-refractivity contribution in [2.24, 2.45) is 0 Å². The van der Waals surface area contributed by atoms with E-state index in [0.29, 0.717) is 40.6 Å². The van der Waals surface area contributed by atoms with E-state index in [9.17, 15) is 0 Å². The third-order valence-electron chi connectivity index (χ3n) is 9.81.